The summed E-state index contributed by atoms with van der Waals surface area (Å²) in [7, 11) is -3.90. The van der Waals surface area contributed by atoms with Gasteiger partial charge in [-0.15, -0.1) is 0 Å². The molecule has 2 aromatic carbocycles. The fraction of sp³-hybridized carbons (Fsp3) is 0.321. The number of amidine groups is 1. The largest absolute Gasteiger partial charge is 0.481 e. The third-order valence-electron chi connectivity index (χ3n) is 5.99. The van der Waals surface area contributed by atoms with Crippen LogP contribution in [0.1, 0.15) is 30.4 Å². The number of hydrogen-bond acceptors (Lipinski definition) is 8. The maximum absolute atomic E-state index is 13.3. The van der Waals surface area contributed by atoms with Gasteiger partial charge in [-0.3, -0.25) is 19.8 Å². The number of carboxylic acid groups (broad SMARTS) is 1. The van der Waals surface area contributed by atoms with E-state index in [1.165, 1.54) is 6.08 Å². The summed E-state index contributed by atoms with van der Waals surface area (Å²) >= 11 is 0. The van der Waals surface area contributed by atoms with Crippen LogP contribution in [0.3, 0.4) is 0 Å². The van der Waals surface area contributed by atoms with Gasteiger partial charge >= 0.3 is 12.1 Å². The van der Waals surface area contributed by atoms with Crippen molar-refractivity contribution >= 4 is 39.7 Å². The highest BCUT2D eigenvalue weighted by atomic mass is 32.2. The van der Waals surface area contributed by atoms with Crippen molar-refractivity contribution in [3.63, 3.8) is 0 Å². The minimum Gasteiger partial charge on any atom is -0.481 e. The average molecular weight is 635 g/mol. The van der Waals surface area contributed by atoms with Crippen molar-refractivity contribution in [1.29, 1.82) is 5.41 Å². The van der Waals surface area contributed by atoms with E-state index in [-0.39, 0.29) is 49.7 Å². The van der Waals surface area contributed by atoms with Crippen molar-refractivity contribution in [2.75, 3.05) is 19.7 Å². The van der Waals surface area contributed by atoms with Crippen molar-refractivity contribution < 1.29 is 41.8 Å². The number of alkyl carbamates (subject to hydrolysis) is 1. The normalized spacial score (nSPS) is 12.3. The van der Waals surface area contributed by atoms with E-state index in [9.17, 15) is 32.0 Å². The van der Waals surface area contributed by atoms with Crippen molar-refractivity contribution in [3.8, 4) is 0 Å². The second-order valence-electron chi connectivity index (χ2n) is 9.39. The topological polar surface area (TPSA) is 230 Å². The second-order valence-corrected chi connectivity index (χ2v) is 11.2. The third-order valence-corrected chi connectivity index (χ3v) is 7.47. The summed E-state index contributed by atoms with van der Waals surface area (Å²) in [6.45, 7) is 3.22. The van der Waals surface area contributed by atoms with Crippen molar-refractivity contribution in [2.24, 2.45) is 5.73 Å². The van der Waals surface area contributed by atoms with Gasteiger partial charge in [0, 0.05) is 31.5 Å². The van der Waals surface area contributed by atoms with Crippen LogP contribution in [-0.4, -0.2) is 75.0 Å². The molecule has 0 radical (unpaired) electrons. The van der Waals surface area contributed by atoms with Crippen LogP contribution in [0, 0.1) is 11.2 Å². The van der Waals surface area contributed by atoms with Crippen LogP contribution in [0.4, 0.5) is 9.18 Å². The fourth-order valence-electron chi connectivity index (χ4n) is 3.72. The molecule has 2 aromatic rings. The Morgan fingerprint density at radius 2 is 1.66 bits per heavy atom. The highest BCUT2D eigenvalue weighted by Crippen LogP contribution is 2.10. The van der Waals surface area contributed by atoms with E-state index in [1.54, 1.807) is 24.3 Å². The van der Waals surface area contributed by atoms with Crippen LogP contribution in [0.25, 0.3) is 0 Å². The van der Waals surface area contributed by atoms with E-state index in [1.807, 2.05) is 0 Å². The van der Waals surface area contributed by atoms with Gasteiger partial charge in [0.15, 0.2) is 0 Å². The van der Waals surface area contributed by atoms with E-state index < -0.39 is 58.2 Å². The second kappa shape index (κ2) is 17.3. The SMILES string of the molecule is C=CCOC(=O)N[C@@H](Cc1ccc(C(=N)N)cc1)C(=O)N[C@@H](CCC(=O)O)C(=O)NCCCNS(=O)(=O)c1ccc(F)cc1. The van der Waals surface area contributed by atoms with E-state index >= 15 is 0 Å². The zero-order chi connectivity index (χ0) is 32.7. The lowest BCUT2D eigenvalue weighted by Crippen LogP contribution is -2.54. The maximum atomic E-state index is 13.3. The molecule has 2 rings (SSSR count). The first-order valence-electron chi connectivity index (χ1n) is 13.3. The molecule has 2 atom stereocenters. The minimum absolute atomic E-state index is 0.0255. The molecule has 238 valence electrons. The van der Waals surface area contributed by atoms with Crippen LogP contribution < -0.4 is 26.4 Å². The molecule has 0 heterocycles. The summed E-state index contributed by atoms with van der Waals surface area (Å²) in [6, 6.07) is 8.02. The molecule has 0 fully saturated rings. The summed E-state index contributed by atoms with van der Waals surface area (Å²) in [5, 5.41) is 24.1. The number of benzene rings is 2. The standard InChI is InChI=1S/C28H35FN6O8S/c1-2-16-43-28(40)35-23(17-18-4-6-19(7-5-18)25(30)31)27(39)34-22(12-13-24(36)37)26(38)32-14-3-15-33-44(41,42)21-10-8-20(29)9-11-21/h2,4-11,22-23,33H,1,3,12-17H2,(H3,30,31)(H,32,38)(H,34,39)(H,35,40)(H,36,37)/t22-,23-/m0/s1. The molecule has 0 saturated heterocycles. The molecule has 0 aliphatic heterocycles. The Labute approximate surface area is 253 Å². The minimum atomic E-state index is -3.90. The fourth-order valence-corrected chi connectivity index (χ4v) is 4.79. The molecule has 3 amide bonds. The average Bonchev–Trinajstić information content (AvgIpc) is 2.97. The van der Waals surface area contributed by atoms with Crippen molar-refractivity contribution in [2.45, 2.75) is 42.7 Å². The number of carboxylic acids is 1. The molecular formula is C28H35FN6O8S. The number of aliphatic carboxylic acids is 1. The first-order chi connectivity index (χ1) is 20.8. The van der Waals surface area contributed by atoms with E-state index in [0.29, 0.717) is 11.1 Å². The molecule has 0 saturated carbocycles. The first-order valence-corrected chi connectivity index (χ1v) is 14.8. The number of nitrogens with two attached hydrogens (primary N) is 1. The number of carbonyl (C=O) groups is 4. The molecule has 0 aliphatic carbocycles. The molecule has 0 spiro atoms. The Bertz CT molecular complexity index is 1440. The van der Waals surface area contributed by atoms with Crippen LogP contribution in [0.15, 0.2) is 66.1 Å². The predicted molar refractivity (Wildman–Crippen MR) is 158 cm³/mol. The van der Waals surface area contributed by atoms with Gasteiger partial charge in [0.2, 0.25) is 21.8 Å². The highest BCUT2D eigenvalue weighted by molar-refractivity contribution is 7.89. The quantitative estimate of drug-likeness (QED) is 0.0531. The molecule has 0 unspecified atom stereocenters. The summed E-state index contributed by atoms with van der Waals surface area (Å²) in [5.41, 5.74) is 6.50. The number of rotatable bonds is 18. The Hall–Kier alpha value is -4.83. The van der Waals surface area contributed by atoms with Crippen LogP contribution in [0.5, 0.6) is 0 Å². The summed E-state index contributed by atoms with van der Waals surface area (Å²) in [4.78, 5) is 49.5. The lowest BCUT2D eigenvalue weighted by Gasteiger charge is -2.23. The predicted octanol–water partition coefficient (Wildman–Crippen LogP) is 0.767. The van der Waals surface area contributed by atoms with Gasteiger partial charge in [0.05, 0.1) is 4.90 Å². The number of ether oxygens (including phenoxy) is 1. The molecule has 0 aliphatic rings. The molecule has 0 aromatic heterocycles. The smallest absolute Gasteiger partial charge is 0.408 e. The highest BCUT2D eigenvalue weighted by Gasteiger charge is 2.28. The van der Waals surface area contributed by atoms with Crippen molar-refractivity contribution in [1.82, 2.24) is 20.7 Å². The number of nitrogens with one attached hydrogen (secondary N) is 5. The Balaban J connectivity index is 2.05. The molecule has 8 N–H and O–H groups in total. The number of nitrogen functional groups attached to an aromatic ring is 1. The van der Waals surface area contributed by atoms with Gasteiger partial charge in [-0.2, -0.15) is 0 Å². The molecule has 44 heavy (non-hydrogen) atoms. The summed E-state index contributed by atoms with van der Waals surface area (Å²) in [5.74, 6) is -3.47. The molecular weight excluding hydrogens is 599 g/mol. The Morgan fingerprint density at radius 1 is 1.00 bits per heavy atom. The Morgan fingerprint density at radius 3 is 2.25 bits per heavy atom. The number of carbonyl (C=O) groups excluding carboxylic acids is 3. The van der Waals surface area contributed by atoms with Gasteiger partial charge in [0.1, 0.15) is 30.3 Å². The molecule has 14 nitrogen and oxygen atoms in total. The van der Waals surface area contributed by atoms with Crippen molar-refractivity contribution in [3.05, 3.63) is 78.1 Å². The number of hydrogen-bond donors (Lipinski definition) is 7. The first kappa shape index (κ1) is 35.4. The lowest BCUT2D eigenvalue weighted by molar-refractivity contribution is -0.138. The molecule has 16 heteroatoms. The van der Waals surface area contributed by atoms with Gasteiger partial charge in [0.25, 0.3) is 0 Å². The monoisotopic (exact) mass is 634 g/mol. The van der Waals surface area contributed by atoms with Gasteiger partial charge in [-0.1, -0.05) is 36.9 Å². The molecule has 0 bridgehead atoms. The maximum Gasteiger partial charge on any atom is 0.408 e. The van der Waals surface area contributed by atoms with Gasteiger partial charge < -0.3 is 31.5 Å². The van der Waals surface area contributed by atoms with E-state index in [0.717, 1.165) is 24.3 Å². The van der Waals surface area contributed by atoms with Gasteiger partial charge in [-0.25, -0.2) is 22.3 Å². The van der Waals surface area contributed by atoms with E-state index in [4.69, 9.17) is 21.0 Å². The number of amides is 3. The Kier molecular flexibility index (Phi) is 13.9. The number of halogens is 1. The lowest BCUT2D eigenvalue weighted by atomic mass is 10.0. The summed E-state index contributed by atoms with van der Waals surface area (Å²) < 4.78 is 44.9. The van der Waals surface area contributed by atoms with Crippen LogP contribution in [-0.2, 0) is 35.6 Å². The zero-order valence-corrected chi connectivity index (χ0v) is 24.5. The van der Waals surface area contributed by atoms with Gasteiger partial charge in [-0.05, 0) is 42.7 Å². The summed E-state index contributed by atoms with van der Waals surface area (Å²) in [6.07, 6.45) is -0.238. The van der Waals surface area contributed by atoms with Crippen LogP contribution >= 0.6 is 0 Å². The zero-order valence-electron chi connectivity index (χ0n) is 23.7. The van der Waals surface area contributed by atoms with E-state index in [2.05, 4.69) is 27.3 Å². The third kappa shape index (κ3) is 12.2. The number of sulfonamides is 1. The van der Waals surface area contributed by atoms with Crippen LogP contribution in [0.2, 0.25) is 0 Å².